The number of nitrogens with zero attached hydrogens (tertiary/aromatic N) is 1. The summed E-state index contributed by atoms with van der Waals surface area (Å²) >= 11 is 5.82. The van der Waals surface area contributed by atoms with Crippen molar-refractivity contribution in [3.63, 3.8) is 0 Å². The fourth-order valence-corrected chi connectivity index (χ4v) is 1.93. The van der Waals surface area contributed by atoms with Gasteiger partial charge in [-0.2, -0.15) is 0 Å². The average molecular weight is 271 g/mol. The minimum absolute atomic E-state index is 0.541. The van der Waals surface area contributed by atoms with Gasteiger partial charge in [0.2, 0.25) is 5.88 Å². The summed E-state index contributed by atoms with van der Waals surface area (Å²) < 4.78 is 5.67. The molecule has 0 saturated heterocycles. The van der Waals surface area contributed by atoms with E-state index in [2.05, 4.69) is 4.98 Å². The van der Waals surface area contributed by atoms with E-state index in [1.54, 1.807) is 24.3 Å². The van der Waals surface area contributed by atoms with Gasteiger partial charge in [-0.3, -0.25) is 0 Å². The quantitative estimate of drug-likeness (QED) is 0.708. The number of ether oxygens (including phenoxy) is 1. The van der Waals surface area contributed by atoms with E-state index < -0.39 is 0 Å². The summed E-state index contributed by atoms with van der Waals surface area (Å²) in [4.78, 5) is 4.42. The molecule has 19 heavy (non-hydrogen) atoms. The number of halogens is 1. The lowest BCUT2D eigenvalue weighted by atomic mass is 10.2. The Labute approximate surface area is 115 Å². The van der Waals surface area contributed by atoms with Gasteiger partial charge in [0, 0.05) is 22.2 Å². The van der Waals surface area contributed by atoms with Crippen LogP contribution in [0.1, 0.15) is 0 Å². The van der Waals surface area contributed by atoms with Crippen LogP contribution in [-0.4, -0.2) is 4.98 Å². The van der Waals surface area contributed by atoms with Crippen molar-refractivity contribution in [2.24, 2.45) is 0 Å². The van der Waals surface area contributed by atoms with Crippen molar-refractivity contribution in [1.82, 2.24) is 4.98 Å². The standard InChI is InChI=1S/C15H11ClN2O/c16-11-2-5-13(6-3-11)19-15-8-1-10-9-12(17)4-7-14(10)18-15/h1-9H,17H2. The Kier molecular flexibility index (Phi) is 2.97. The highest BCUT2D eigenvalue weighted by Crippen LogP contribution is 2.24. The number of aromatic nitrogens is 1. The van der Waals surface area contributed by atoms with Gasteiger partial charge in [0.05, 0.1) is 5.52 Å². The van der Waals surface area contributed by atoms with E-state index in [0.29, 0.717) is 16.7 Å². The van der Waals surface area contributed by atoms with Crippen molar-refractivity contribution < 1.29 is 4.74 Å². The fourth-order valence-electron chi connectivity index (χ4n) is 1.81. The molecule has 0 bridgehead atoms. The second-order valence-electron chi connectivity index (χ2n) is 4.16. The zero-order valence-electron chi connectivity index (χ0n) is 10.0. The molecule has 0 fully saturated rings. The van der Waals surface area contributed by atoms with Crippen LogP contribution in [0.3, 0.4) is 0 Å². The van der Waals surface area contributed by atoms with Crippen LogP contribution in [0.2, 0.25) is 5.02 Å². The topological polar surface area (TPSA) is 48.1 Å². The second kappa shape index (κ2) is 4.78. The van der Waals surface area contributed by atoms with E-state index >= 15 is 0 Å². The van der Waals surface area contributed by atoms with Crippen molar-refractivity contribution in [3.05, 3.63) is 59.6 Å². The minimum Gasteiger partial charge on any atom is -0.439 e. The number of nitrogens with two attached hydrogens (primary N) is 1. The average Bonchev–Trinajstić information content (AvgIpc) is 2.42. The molecule has 2 aromatic carbocycles. The van der Waals surface area contributed by atoms with Crippen LogP contribution in [0, 0.1) is 0 Å². The number of benzene rings is 2. The lowest BCUT2D eigenvalue weighted by Crippen LogP contribution is -1.90. The number of pyridine rings is 1. The molecule has 1 heterocycles. The Hall–Kier alpha value is -2.26. The molecular weight excluding hydrogens is 260 g/mol. The summed E-state index contributed by atoms with van der Waals surface area (Å²) in [6.45, 7) is 0. The van der Waals surface area contributed by atoms with Gasteiger partial charge < -0.3 is 10.5 Å². The summed E-state index contributed by atoms with van der Waals surface area (Å²) in [5.74, 6) is 1.24. The van der Waals surface area contributed by atoms with Crippen molar-refractivity contribution in [1.29, 1.82) is 0 Å². The number of nitrogen functional groups attached to an aromatic ring is 1. The normalized spacial score (nSPS) is 10.6. The maximum atomic E-state index is 5.82. The first kappa shape index (κ1) is 11.8. The SMILES string of the molecule is Nc1ccc2nc(Oc3ccc(Cl)cc3)ccc2c1. The number of hydrogen-bond acceptors (Lipinski definition) is 3. The Morgan fingerprint density at radius 1 is 0.947 bits per heavy atom. The Bertz CT molecular complexity index is 726. The molecule has 3 rings (SSSR count). The molecule has 0 radical (unpaired) electrons. The fraction of sp³-hybridized carbons (Fsp3) is 0. The third-order valence-electron chi connectivity index (χ3n) is 2.72. The molecule has 2 N–H and O–H groups in total. The third-order valence-corrected chi connectivity index (χ3v) is 2.98. The van der Waals surface area contributed by atoms with E-state index in [1.807, 2.05) is 30.3 Å². The number of fused-ring (bicyclic) bond motifs is 1. The predicted molar refractivity (Wildman–Crippen MR) is 77.7 cm³/mol. The van der Waals surface area contributed by atoms with Gasteiger partial charge in [0.1, 0.15) is 5.75 Å². The van der Waals surface area contributed by atoms with Gasteiger partial charge in [-0.15, -0.1) is 0 Å². The summed E-state index contributed by atoms with van der Waals surface area (Å²) in [5, 5.41) is 1.66. The van der Waals surface area contributed by atoms with Crippen LogP contribution in [0.5, 0.6) is 11.6 Å². The van der Waals surface area contributed by atoms with E-state index in [-0.39, 0.29) is 0 Å². The van der Waals surface area contributed by atoms with Crippen LogP contribution in [0.15, 0.2) is 54.6 Å². The largest absolute Gasteiger partial charge is 0.439 e. The van der Waals surface area contributed by atoms with Gasteiger partial charge in [0.25, 0.3) is 0 Å². The highest BCUT2D eigenvalue weighted by atomic mass is 35.5. The van der Waals surface area contributed by atoms with E-state index in [0.717, 1.165) is 16.6 Å². The molecular formula is C15H11ClN2O. The van der Waals surface area contributed by atoms with E-state index in [1.165, 1.54) is 0 Å². The first-order chi connectivity index (χ1) is 9.20. The molecule has 0 unspecified atom stereocenters. The number of rotatable bonds is 2. The monoisotopic (exact) mass is 270 g/mol. The second-order valence-corrected chi connectivity index (χ2v) is 4.59. The van der Waals surface area contributed by atoms with Crippen LogP contribution in [0.4, 0.5) is 5.69 Å². The lowest BCUT2D eigenvalue weighted by molar-refractivity contribution is 0.465. The van der Waals surface area contributed by atoms with Crippen molar-refractivity contribution in [2.75, 3.05) is 5.73 Å². The van der Waals surface area contributed by atoms with Gasteiger partial charge in [-0.1, -0.05) is 11.6 Å². The lowest BCUT2D eigenvalue weighted by Gasteiger charge is -2.06. The summed E-state index contributed by atoms with van der Waals surface area (Å²) in [6.07, 6.45) is 0. The summed E-state index contributed by atoms with van der Waals surface area (Å²) in [5.41, 5.74) is 7.30. The minimum atomic E-state index is 0.541. The predicted octanol–water partition coefficient (Wildman–Crippen LogP) is 4.26. The van der Waals surface area contributed by atoms with Crippen LogP contribution in [0.25, 0.3) is 10.9 Å². The summed E-state index contributed by atoms with van der Waals surface area (Å²) in [7, 11) is 0. The van der Waals surface area contributed by atoms with Gasteiger partial charge in [-0.05, 0) is 48.5 Å². The Morgan fingerprint density at radius 2 is 1.74 bits per heavy atom. The molecule has 0 aliphatic carbocycles. The molecule has 3 nitrogen and oxygen atoms in total. The molecule has 0 aliphatic rings. The molecule has 4 heteroatoms. The molecule has 3 aromatic rings. The molecule has 0 aliphatic heterocycles. The van der Waals surface area contributed by atoms with Crippen LogP contribution >= 0.6 is 11.6 Å². The van der Waals surface area contributed by atoms with Gasteiger partial charge in [0.15, 0.2) is 0 Å². The van der Waals surface area contributed by atoms with Gasteiger partial charge in [-0.25, -0.2) is 4.98 Å². The molecule has 0 amide bonds. The highest BCUT2D eigenvalue weighted by molar-refractivity contribution is 6.30. The maximum Gasteiger partial charge on any atom is 0.219 e. The molecule has 94 valence electrons. The van der Waals surface area contributed by atoms with Crippen molar-refractivity contribution >= 4 is 28.2 Å². The molecule has 0 atom stereocenters. The van der Waals surface area contributed by atoms with E-state index in [4.69, 9.17) is 22.1 Å². The molecule has 0 saturated carbocycles. The van der Waals surface area contributed by atoms with E-state index in [9.17, 15) is 0 Å². The Balaban J connectivity index is 1.93. The molecule has 0 spiro atoms. The van der Waals surface area contributed by atoms with Gasteiger partial charge >= 0.3 is 0 Å². The van der Waals surface area contributed by atoms with Crippen LogP contribution < -0.4 is 10.5 Å². The first-order valence-corrected chi connectivity index (χ1v) is 6.18. The maximum absolute atomic E-state index is 5.82. The van der Waals surface area contributed by atoms with Crippen molar-refractivity contribution in [3.8, 4) is 11.6 Å². The number of hydrogen-bond donors (Lipinski definition) is 1. The first-order valence-electron chi connectivity index (χ1n) is 5.80. The summed E-state index contributed by atoms with van der Waals surface area (Å²) in [6, 6.07) is 16.5. The third kappa shape index (κ3) is 2.61. The Morgan fingerprint density at radius 3 is 2.53 bits per heavy atom. The molecule has 1 aromatic heterocycles. The zero-order valence-corrected chi connectivity index (χ0v) is 10.8. The zero-order chi connectivity index (χ0) is 13.2. The number of anilines is 1. The smallest absolute Gasteiger partial charge is 0.219 e. The van der Waals surface area contributed by atoms with Crippen LogP contribution in [-0.2, 0) is 0 Å². The van der Waals surface area contributed by atoms with Crippen molar-refractivity contribution in [2.45, 2.75) is 0 Å². The highest BCUT2D eigenvalue weighted by Gasteiger charge is 2.01.